The Hall–Kier alpha value is -3.39. The summed E-state index contributed by atoms with van der Waals surface area (Å²) in [5.74, 6) is 0.128. The van der Waals surface area contributed by atoms with Crippen molar-refractivity contribution in [3.8, 4) is 5.88 Å². The zero-order chi connectivity index (χ0) is 21.4. The summed E-state index contributed by atoms with van der Waals surface area (Å²) >= 11 is 0. The molecule has 1 N–H and O–H groups in total. The zero-order valence-corrected chi connectivity index (χ0v) is 16.0. The van der Waals surface area contributed by atoms with Gasteiger partial charge in [-0.05, 0) is 35.4 Å². The second kappa shape index (κ2) is 7.46. The van der Waals surface area contributed by atoms with Crippen LogP contribution in [0.5, 0.6) is 5.88 Å². The van der Waals surface area contributed by atoms with Crippen molar-refractivity contribution in [3.63, 3.8) is 0 Å². The Labute approximate surface area is 170 Å². The van der Waals surface area contributed by atoms with Gasteiger partial charge in [0.1, 0.15) is 5.60 Å². The molecule has 0 aliphatic carbocycles. The second-order valence-electron chi connectivity index (χ2n) is 6.87. The van der Waals surface area contributed by atoms with Crippen LogP contribution in [0.2, 0.25) is 0 Å². The fraction of sp³-hybridized carbons (Fsp3) is 0.182. The van der Waals surface area contributed by atoms with E-state index in [1.165, 1.54) is 13.2 Å². The summed E-state index contributed by atoms with van der Waals surface area (Å²) in [4.78, 5) is 3.99. The van der Waals surface area contributed by atoms with Crippen LogP contribution in [-0.4, -0.2) is 26.8 Å². The van der Waals surface area contributed by atoms with Gasteiger partial charge in [0.2, 0.25) is 5.88 Å². The maximum absolute atomic E-state index is 13.4. The van der Waals surface area contributed by atoms with Gasteiger partial charge in [-0.3, -0.25) is 4.98 Å². The van der Waals surface area contributed by atoms with Gasteiger partial charge < -0.3 is 9.84 Å². The molecule has 1 aromatic carbocycles. The van der Waals surface area contributed by atoms with E-state index in [-0.39, 0.29) is 23.4 Å². The molecule has 4 rings (SSSR count). The molecule has 8 heteroatoms. The van der Waals surface area contributed by atoms with E-state index in [4.69, 9.17) is 4.74 Å². The summed E-state index contributed by atoms with van der Waals surface area (Å²) in [5.41, 5.74) is -0.951. The molecule has 3 aromatic heterocycles. The van der Waals surface area contributed by atoms with Gasteiger partial charge in [0.25, 0.3) is 0 Å². The predicted molar refractivity (Wildman–Crippen MR) is 104 cm³/mol. The number of ether oxygens (including phenoxy) is 1. The SMILES string of the molecule is COc1ccc(C(O)(Cc2ccncc2)c2ccccc2)c2cc(C(F)(F)F)nn12. The van der Waals surface area contributed by atoms with Gasteiger partial charge in [-0.2, -0.15) is 18.3 Å². The maximum Gasteiger partial charge on any atom is 0.435 e. The Bertz CT molecular complexity index is 1160. The lowest BCUT2D eigenvalue weighted by Crippen LogP contribution is -2.31. The Morgan fingerprint density at radius 2 is 1.70 bits per heavy atom. The lowest BCUT2D eigenvalue weighted by atomic mass is 9.81. The molecule has 0 aliphatic rings. The molecule has 5 nitrogen and oxygen atoms in total. The van der Waals surface area contributed by atoms with E-state index >= 15 is 0 Å². The van der Waals surface area contributed by atoms with E-state index in [1.54, 1.807) is 60.9 Å². The fourth-order valence-corrected chi connectivity index (χ4v) is 3.56. The number of rotatable bonds is 5. The average molecular weight is 413 g/mol. The number of hydrogen-bond donors (Lipinski definition) is 1. The quantitative estimate of drug-likeness (QED) is 0.532. The highest BCUT2D eigenvalue weighted by Gasteiger charge is 2.38. The summed E-state index contributed by atoms with van der Waals surface area (Å²) in [5, 5.41) is 15.6. The monoisotopic (exact) mass is 413 g/mol. The highest BCUT2D eigenvalue weighted by Crippen LogP contribution is 2.39. The average Bonchev–Trinajstić information content (AvgIpc) is 3.20. The number of alkyl halides is 3. The number of nitrogens with zero attached hydrogens (tertiary/aromatic N) is 3. The molecule has 0 bridgehead atoms. The van der Waals surface area contributed by atoms with Crippen molar-refractivity contribution in [2.45, 2.75) is 18.2 Å². The minimum Gasteiger partial charge on any atom is -0.481 e. The van der Waals surface area contributed by atoms with Gasteiger partial charge in [0, 0.05) is 30.4 Å². The zero-order valence-electron chi connectivity index (χ0n) is 16.0. The molecule has 4 aromatic rings. The third-order valence-electron chi connectivity index (χ3n) is 4.99. The van der Waals surface area contributed by atoms with Crippen molar-refractivity contribution in [1.29, 1.82) is 0 Å². The van der Waals surface area contributed by atoms with Crippen LogP contribution in [0.25, 0.3) is 5.52 Å². The summed E-state index contributed by atoms with van der Waals surface area (Å²) in [6, 6.07) is 16.3. The molecule has 0 saturated heterocycles. The van der Waals surface area contributed by atoms with Gasteiger partial charge in [0.15, 0.2) is 5.69 Å². The molecule has 0 amide bonds. The van der Waals surface area contributed by atoms with Gasteiger partial charge in [-0.25, -0.2) is 4.52 Å². The molecule has 154 valence electrons. The highest BCUT2D eigenvalue weighted by molar-refractivity contribution is 5.62. The van der Waals surface area contributed by atoms with E-state index in [2.05, 4.69) is 10.1 Å². The molecule has 0 aliphatic heterocycles. The summed E-state index contributed by atoms with van der Waals surface area (Å²) in [6.45, 7) is 0. The Kier molecular flexibility index (Phi) is 4.95. The van der Waals surface area contributed by atoms with Crippen LogP contribution >= 0.6 is 0 Å². The van der Waals surface area contributed by atoms with Crippen LogP contribution in [0.15, 0.2) is 73.1 Å². The van der Waals surface area contributed by atoms with Crippen LogP contribution in [0.3, 0.4) is 0 Å². The lowest BCUT2D eigenvalue weighted by molar-refractivity contribution is -0.141. The van der Waals surface area contributed by atoms with E-state index in [1.807, 2.05) is 0 Å². The molecular formula is C22H18F3N3O2. The molecule has 0 saturated carbocycles. The van der Waals surface area contributed by atoms with Gasteiger partial charge >= 0.3 is 6.18 Å². The molecule has 0 radical (unpaired) electrons. The first-order valence-corrected chi connectivity index (χ1v) is 9.14. The first kappa shape index (κ1) is 19.9. The van der Waals surface area contributed by atoms with Crippen molar-refractivity contribution in [2.24, 2.45) is 0 Å². The smallest absolute Gasteiger partial charge is 0.435 e. The fourth-order valence-electron chi connectivity index (χ4n) is 3.56. The topological polar surface area (TPSA) is 59.7 Å². The maximum atomic E-state index is 13.4. The van der Waals surface area contributed by atoms with Crippen molar-refractivity contribution in [2.75, 3.05) is 7.11 Å². The number of hydrogen-bond acceptors (Lipinski definition) is 4. The third-order valence-corrected chi connectivity index (χ3v) is 4.99. The Morgan fingerprint density at radius 1 is 1.00 bits per heavy atom. The van der Waals surface area contributed by atoms with E-state index in [0.29, 0.717) is 5.56 Å². The lowest BCUT2D eigenvalue weighted by Gasteiger charge is -2.30. The number of fused-ring (bicyclic) bond motifs is 1. The summed E-state index contributed by atoms with van der Waals surface area (Å²) < 4.78 is 46.4. The van der Waals surface area contributed by atoms with Crippen LogP contribution in [-0.2, 0) is 18.2 Å². The first-order valence-electron chi connectivity index (χ1n) is 9.14. The van der Waals surface area contributed by atoms with Crippen molar-refractivity contribution < 1.29 is 23.0 Å². The normalized spacial score (nSPS) is 13.9. The van der Waals surface area contributed by atoms with Gasteiger partial charge in [0.05, 0.1) is 12.6 Å². The molecule has 30 heavy (non-hydrogen) atoms. The van der Waals surface area contributed by atoms with Crippen molar-refractivity contribution >= 4 is 5.52 Å². The Balaban J connectivity index is 1.98. The number of halogens is 3. The molecule has 1 unspecified atom stereocenters. The minimum absolute atomic E-state index is 0.113. The van der Waals surface area contributed by atoms with Crippen LogP contribution in [0.4, 0.5) is 13.2 Å². The van der Waals surface area contributed by atoms with E-state index in [0.717, 1.165) is 16.1 Å². The molecular weight excluding hydrogens is 395 g/mol. The molecule has 3 heterocycles. The summed E-state index contributed by atoms with van der Waals surface area (Å²) in [6.07, 6.45) is -1.30. The minimum atomic E-state index is -4.63. The van der Waals surface area contributed by atoms with Gasteiger partial charge in [-0.1, -0.05) is 30.3 Å². The van der Waals surface area contributed by atoms with E-state index in [9.17, 15) is 18.3 Å². The predicted octanol–water partition coefficient (Wildman–Crippen LogP) is 4.24. The van der Waals surface area contributed by atoms with Crippen molar-refractivity contribution in [3.05, 3.63) is 95.4 Å². The van der Waals surface area contributed by atoms with Gasteiger partial charge in [-0.15, -0.1) is 0 Å². The molecule has 1 atom stereocenters. The number of benzene rings is 1. The number of aliphatic hydroxyl groups is 1. The number of aromatic nitrogens is 3. The highest BCUT2D eigenvalue weighted by atomic mass is 19.4. The standard InChI is InChI=1S/C22H18F3N3O2/c1-30-20-8-7-17(18-13-19(22(23,24)25)27-28(18)20)21(29,16-5-3-2-4-6-16)14-15-9-11-26-12-10-15/h2-13,29H,14H2,1H3. The van der Waals surface area contributed by atoms with E-state index < -0.39 is 17.5 Å². The Morgan fingerprint density at radius 3 is 2.33 bits per heavy atom. The third kappa shape index (κ3) is 3.50. The molecule has 0 fully saturated rings. The van der Waals surface area contributed by atoms with Crippen LogP contribution in [0, 0.1) is 0 Å². The molecule has 0 spiro atoms. The van der Waals surface area contributed by atoms with Crippen LogP contribution < -0.4 is 4.74 Å². The summed E-state index contributed by atoms with van der Waals surface area (Å²) in [7, 11) is 1.35. The number of pyridine rings is 2. The van der Waals surface area contributed by atoms with Crippen molar-refractivity contribution in [1.82, 2.24) is 14.6 Å². The van der Waals surface area contributed by atoms with Crippen LogP contribution in [0.1, 0.15) is 22.4 Å². The second-order valence-corrected chi connectivity index (χ2v) is 6.87. The first-order chi connectivity index (χ1) is 14.3. The number of methoxy groups -OCH3 is 1. The largest absolute Gasteiger partial charge is 0.481 e.